The molecular formula is C19H21F2N5O2. The van der Waals surface area contributed by atoms with Gasteiger partial charge in [0.05, 0.1) is 6.04 Å². The molecule has 9 heteroatoms. The minimum absolute atomic E-state index is 0.0409. The van der Waals surface area contributed by atoms with Crippen LogP contribution in [0.15, 0.2) is 27.7 Å². The number of halogens is 2. The SMILES string of the molecule is Cc1nnc(N2CC[C@@H](C(=O)N3N=CC[C@H]3c3cc(F)cc(F)c3)C[C@H]2C)o1. The summed E-state index contributed by atoms with van der Waals surface area (Å²) in [6.07, 6.45) is 3.27. The van der Waals surface area contributed by atoms with Crippen molar-refractivity contribution in [3.8, 4) is 0 Å². The van der Waals surface area contributed by atoms with Crippen LogP contribution in [0.1, 0.15) is 43.7 Å². The molecule has 0 aliphatic carbocycles. The fourth-order valence-corrected chi connectivity index (χ4v) is 3.94. The molecule has 148 valence electrons. The summed E-state index contributed by atoms with van der Waals surface area (Å²) in [4.78, 5) is 15.1. The number of benzene rings is 1. The van der Waals surface area contributed by atoms with Crippen LogP contribution >= 0.6 is 0 Å². The lowest BCUT2D eigenvalue weighted by molar-refractivity contribution is -0.138. The summed E-state index contributed by atoms with van der Waals surface area (Å²) in [5.41, 5.74) is 0.412. The van der Waals surface area contributed by atoms with Gasteiger partial charge in [-0.1, -0.05) is 5.10 Å². The van der Waals surface area contributed by atoms with E-state index in [0.29, 0.717) is 43.3 Å². The summed E-state index contributed by atoms with van der Waals surface area (Å²) in [6, 6.07) is 3.35. The lowest BCUT2D eigenvalue weighted by atomic mass is 9.90. The van der Waals surface area contributed by atoms with E-state index in [1.165, 1.54) is 17.1 Å². The highest BCUT2D eigenvalue weighted by molar-refractivity contribution is 5.82. The van der Waals surface area contributed by atoms with Crippen molar-refractivity contribution in [2.24, 2.45) is 11.0 Å². The molecule has 1 saturated heterocycles. The normalized spacial score (nSPS) is 24.8. The Morgan fingerprint density at radius 3 is 2.61 bits per heavy atom. The van der Waals surface area contributed by atoms with E-state index in [-0.39, 0.29) is 17.9 Å². The number of aromatic nitrogens is 2. The predicted octanol–water partition coefficient (Wildman–Crippen LogP) is 3.22. The number of piperidine rings is 1. The van der Waals surface area contributed by atoms with Gasteiger partial charge in [0.15, 0.2) is 0 Å². The zero-order valence-corrected chi connectivity index (χ0v) is 15.7. The number of aryl methyl sites for hydroxylation is 1. The maximum Gasteiger partial charge on any atom is 0.318 e. The van der Waals surface area contributed by atoms with E-state index >= 15 is 0 Å². The van der Waals surface area contributed by atoms with Crippen molar-refractivity contribution in [1.82, 2.24) is 15.2 Å². The van der Waals surface area contributed by atoms with E-state index in [4.69, 9.17) is 4.42 Å². The van der Waals surface area contributed by atoms with Crippen molar-refractivity contribution < 1.29 is 18.0 Å². The Labute approximate surface area is 161 Å². The van der Waals surface area contributed by atoms with Gasteiger partial charge in [-0.2, -0.15) is 5.10 Å². The maximum absolute atomic E-state index is 13.6. The van der Waals surface area contributed by atoms with Crippen LogP contribution in [0, 0.1) is 24.5 Å². The molecule has 28 heavy (non-hydrogen) atoms. The number of amides is 1. The van der Waals surface area contributed by atoms with Crippen LogP contribution in [0.25, 0.3) is 0 Å². The van der Waals surface area contributed by atoms with Gasteiger partial charge in [0.2, 0.25) is 11.8 Å². The first-order valence-corrected chi connectivity index (χ1v) is 9.30. The summed E-state index contributed by atoms with van der Waals surface area (Å²) in [5, 5.41) is 13.5. The van der Waals surface area contributed by atoms with Crippen LogP contribution in [0.4, 0.5) is 14.8 Å². The fourth-order valence-electron chi connectivity index (χ4n) is 3.94. The van der Waals surface area contributed by atoms with Crippen molar-refractivity contribution in [3.05, 3.63) is 41.3 Å². The summed E-state index contributed by atoms with van der Waals surface area (Å²) in [5.74, 6) is -1.18. The second-order valence-corrected chi connectivity index (χ2v) is 7.30. The van der Waals surface area contributed by atoms with Crippen LogP contribution in [0.2, 0.25) is 0 Å². The Morgan fingerprint density at radius 2 is 1.96 bits per heavy atom. The highest BCUT2D eigenvalue weighted by Gasteiger charge is 2.38. The molecule has 1 fully saturated rings. The van der Waals surface area contributed by atoms with Crippen LogP contribution in [-0.4, -0.2) is 39.9 Å². The van der Waals surface area contributed by atoms with Gasteiger partial charge in [-0.25, -0.2) is 13.8 Å². The largest absolute Gasteiger partial charge is 0.408 e. The van der Waals surface area contributed by atoms with Crippen molar-refractivity contribution in [2.45, 2.75) is 45.2 Å². The van der Waals surface area contributed by atoms with Gasteiger partial charge in [0, 0.05) is 44.1 Å². The van der Waals surface area contributed by atoms with E-state index < -0.39 is 17.7 Å². The van der Waals surface area contributed by atoms with E-state index in [2.05, 4.69) is 15.3 Å². The zero-order valence-electron chi connectivity index (χ0n) is 15.7. The third-order valence-electron chi connectivity index (χ3n) is 5.31. The number of rotatable bonds is 3. The molecule has 0 unspecified atom stereocenters. The van der Waals surface area contributed by atoms with Gasteiger partial charge < -0.3 is 9.32 Å². The molecule has 1 aromatic heterocycles. The molecule has 0 saturated carbocycles. The molecule has 3 heterocycles. The van der Waals surface area contributed by atoms with Gasteiger partial charge >= 0.3 is 6.01 Å². The smallest absolute Gasteiger partial charge is 0.318 e. The van der Waals surface area contributed by atoms with E-state index in [1.54, 1.807) is 13.1 Å². The maximum atomic E-state index is 13.6. The average molecular weight is 389 g/mol. The Hall–Kier alpha value is -2.84. The monoisotopic (exact) mass is 389 g/mol. The first-order chi connectivity index (χ1) is 13.4. The number of hydrazone groups is 1. The quantitative estimate of drug-likeness (QED) is 0.806. The molecule has 2 aliphatic heterocycles. The van der Waals surface area contributed by atoms with Crippen LogP contribution in [0.3, 0.4) is 0 Å². The molecule has 0 N–H and O–H groups in total. The molecule has 7 nitrogen and oxygen atoms in total. The summed E-state index contributed by atoms with van der Waals surface area (Å²) >= 11 is 0. The van der Waals surface area contributed by atoms with Crippen molar-refractivity contribution in [2.75, 3.05) is 11.4 Å². The predicted molar refractivity (Wildman–Crippen MR) is 97.6 cm³/mol. The number of hydrogen-bond donors (Lipinski definition) is 0. The zero-order chi connectivity index (χ0) is 19.8. The van der Waals surface area contributed by atoms with Gasteiger partial charge in [0.1, 0.15) is 11.6 Å². The van der Waals surface area contributed by atoms with Gasteiger partial charge in [-0.05, 0) is 37.5 Å². The number of carbonyl (C=O) groups excluding carboxylic acids is 1. The Bertz CT molecular complexity index is 895. The highest BCUT2D eigenvalue weighted by atomic mass is 19.1. The molecule has 3 atom stereocenters. The molecule has 1 aromatic carbocycles. The number of carbonyl (C=O) groups is 1. The summed E-state index contributed by atoms with van der Waals surface area (Å²) in [6.45, 7) is 4.35. The first-order valence-electron chi connectivity index (χ1n) is 9.30. The van der Waals surface area contributed by atoms with Crippen LogP contribution in [0.5, 0.6) is 0 Å². The standard InChI is InChI=1S/C19H21F2N5O2/c1-11-7-13(4-6-25(11)19-24-23-12(2)28-19)18(27)26-17(3-5-22-26)14-8-15(20)10-16(21)9-14/h5,8-11,13,17H,3-4,6-7H2,1-2H3/t11-,13-,17+/m1/s1. The molecule has 4 rings (SSSR count). The van der Waals surface area contributed by atoms with Crippen molar-refractivity contribution in [1.29, 1.82) is 0 Å². The fraction of sp³-hybridized carbons (Fsp3) is 0.474. The molecule has 0 bridgehead atoms. The van der Waals surface area contributed by atoms with Gasteiger partial charge in [-0.3, -0.25) is 4.79 Å². The topological polar surface area (TPSA) is 74.8 Å². The van der Waals surface area contributed by atoms with Crippen LogP contribution in [-0.2, 0) is 4.79 Å². The van der Waals surface area contributed by atoms with Gasteiger partial charge in [-0.15, -0.1) is 5.10 Å². The van der Waals surface area contributed by atoms with Crippen LogP contribution < -0.4 is 4.90 Å². The molecule has 0 spiro atoms. The minimum atomic E-state index is -0.661. The molecule has 2 aliphatic rings. The molecule has 2 aromatic rings. The second-order valence-electron chi connectivity index (χ2n) is 7.30. The Balaban J connectivity index is 1.47. The highest BCUT2D eigenvalue weighted by Crippen LogP contribution is 2.34. The number of nitrogens with zero attached hydrogens (tertiary/aromatic N) is 5. The second kappa shape index (κ2) is 7.29. The summed E-state index contributed by atoms with van der Waals surface area (Å²) in [7, 11) is 0. The lowest BCUT2D eigenvalue weighted by Crippen LogP contribution is -2.45. The third-order valence-corrected chi connectivity index (χ3v) is 5.31. The van der Waals surface area contributed by atoms with E-state index in [9.17, 15) is 13.6 Å². The molecule has 1 amide bonds. The van der Waals surface area contributed by atoms with E-state index in [0.717, 1.165) is 6.07 Å². The summed E-state index contributed by atoms with van der Waals surface area (Å²) < 4.78 is 32.7. The molecule has 0 radical (unpaired) electrons. The third kappa shape index (κ3) is 3.48. The molecular weight excluding hydrogens is 368 g/mol. The average Bonchev–Trinajstić information content (AvgIpc) is 3.29. The Morgan fingerprint density at radius 1 is 1.21 bits per heavy atom. The lowest BCUT2D eigenvalue weighted by Gasteiger charge is -2.37. The van der Waals surface area contributed by atoms with Crippen molar-refractivity contribution >= 4 is 18.1 Å². The number of hydrogen-bond acceptors (Lipinski definition) is 6. The van der Waals surface area contributed by atoms with E-state index in [1.807, 2.05) is 11.8 Å². The van der Waals surface area contributed by atoms with Gasteiger partial charge in [0.25, 0.3) is 0 Å². The minimum Gasteiger partial charge on any atom is -0.408 e. The first kappa shape index (κ1) is 18.5. The van der Waals surface area contributed by atoms with Crippen molar-refractivity contribution in [3.63, 3.8) is 0 Å². The number of anilines is 1. The Kier molecular flexibility index (Phi) is 4.82.